The molecule has 3 rings (SSSR count). The minimum atomic E-state index is 0.421. The largest absolute Gasteiger partial charge is 0.314 e. The maximum atomic E-state index is 4.25. The van der Waals surface area contributed by atoms with Gasteiger partial charge in [-0.05, 0) is 31.2 Å². The molecule has 1 saturated heterocycles. The summed E-state index contributed by atoms with van der Waals surface area (Å²) < 4.78 is 0. The summed E-state index contributed by atoms with van der Waals surface area (Å²) in [7, 11) is 0. The van der Waals surface area contributed by atoms with Crippen LogP contribution in [-0.4, -0.2) is 40.7 Å². The molecule has 0 amide bonds. The maximum absolute atomic E-state index is 4.25. The number of hydrogen-bond acceptors (Lipinski definition) is 5. The Kier molecular flexibility index (Phi) is 3.90. The van der Waals surface area contributed by atoms with Crippen molar-refractivity contribution in [3.8, 4) is 0 Å². The highest BCUT2D eigenvalue weighted by Gasteiger charge is 2.25. The van der Waals surface area contributed by atoms with Gasteiger partial charge in [0.05, 0.1) is 23.8 Å². The Morgan fingerprint density at radius 3 is 2.30 bits per heavy atom. The molecule has 0 aliphatic carbocycles. The molecule has 1 N–H and O–H groups in total. The normalized spacial score (nSPS) is 19.8. The van der Waals surface area contributed by atoms with Crippen LogP contribution in [-0.2, 0) is 0 Å². The molecular formula is C15H19N5. The number of anilines is 2. The minimum Gasteiger partial charge on any atom is -0.314 e. The van der Waals surface area contributed by atoms with Crippen LogP contribution in [0.2, 0.25) is 0 Å². The van der Waals surface area contributed by atoms with Gasteiger partial charge in [0.25, 0.3) is 0 Å². The van der Waals surface area contributed by atoms with E-state index >= 15 is 0 Å². The van der Waals surface area contributed by atoms with Crippen LogP contribution in [0.5, 0.6) is 0 Å². The number of pyridine rings is 2. The van der Waals surface area contributed by atoms with Gasteiger partial charge >= 0.3 is 0 Å². The smallest absolute Gasteiger partial charge is 0.0764 e. The highest BCUT2D eigenvalue weighted by Crippen LogP contribution is 2.27. The molecule has 2 aromatic rings. The zero-order chi connectivity index (χ0) is 13.8. The summed E-state index contributed by atoms with van der Waals surface area (Å²) in [6.07, 6.45) is 7.38. The molecule has 2 aromatic heterocycles. The molecule has 20 heavy (non-hydrogen) atoms. The molecule has 104 valence electrons. The monoisotopic (exact) mass is 269 g/mol. The Bertz CT molecular complexity index is 491. The molecule has 0 spiro atoms. The SMILES string of the molecule is CC1CNCCN1N(c1cccnc1)c1cccnc1. The molecule has 1 fully saturated rings. The Hall–Kier alpha value is -1.98. The predicted octanol–water partition coefficient (Wildman–Crippen LogP) is 1.82. The zero-order valence-corrected chi connectivity index (χ0v) is 11.6. The number of nitrogens with one attached hydrogen (secondary N) is 1. The third-order valence-electron chi connectivity index (χ3n) is 3.50. The first kappa shape index (κ1) is 13.0. The fourth-order valence-electron chi connectivity index (χ4n) is 2.53. The van der Waals surface area contributed by atoms with Gasteiger partial charge in [-0.15, -0.1) is 0 Å². The molecule has 0 saturated carbocycles. The first-order valence-electron chi connectivity index (χ1n) is 6.94. The Morgan fingerprint density at radius 2 is 1.80 bits per heavy atom. The lowest BCUT2D eigenvalue weighted by Crippen LogP contribution is -2.56. The van der Waals surface area contributed by atoms with Crippen LogP contribution < -0.4 is 10.3 Å². The lowest BCUT2D eigenvalue weighted by Gasteiger charge is -2.42. The summed E-state index contributed by atoms with van der Waals surface area (Å²) in [6, 6.07) is 8.50. The second-order valence-corrected chi connectivity index (χ2v) is 4.95. The van der Waals surface area contributed by atoms with E-state index in [-0.39, 0.29) is 0 Å². The lowest BCUT2D eigenvalue weighted by atomic mass is 10.2. The summed E-state index contributed by atoms with van der Waals surface area (Å²) in [5.74, 6) is 0. The van der Waals surface area contributed by atoms with E-state index in [0.29, 0.717) is 6.04 Å². The van der Waals surface area contributed by atoms with E-state index in [0.717, 1.165) is 31.0 Å². The molecule has 1 aliphatic rings. The summed E-state index contributed by atoms with van der Waals surface area (Å²) in [5.41, 5.74) is 2.13. The van der Waals surface area contributed by atoms with Crippen molar-refractivity contribution in [3.05, 3.63) is 49.1 Å². The van der Waals surface area contributed by atoms with Gasteiger partial charge in [0.15, 0.2) is 0 Å². The number of rotatable bonds is 3. The van der Waals surface area contributed by atoms with Crippen molar-refractivity contribution in [1.29, 1.82) is 0 Å². The quantitative estimate of drug-likeness (QED) is 0.921. The van der Waals surface area contributed by atoms with Gasteiger partial charge in [-0.25, -0.2) is 5.01 Å². The summed E-state index contributed by atoms with van der Waals surface area (Å²) in [5, 5.41) is 8.00. The molecule has 1 unspecified atom stereocenters. The van der Waals surface area contributed by atoms with Crippen LogP contribution in [0.3, 0.4) is 0 Å². The maximum Gasteiger partial charge on any atom is 0.0764 e. The van der Waals surface area contributed by atoms with E-state index in [1.807, 2.05) is 24.5 Å². The average Bonchev–Trinajstić information content (AvgIpc) is 2.52. The van der Waals surface area contributed by atoms with Crippen LogP contribution >= 0.6 is 0 Å². The van der Waals surface area contributed by atoms with Crippen molar-refractivity contribution in [2.45, 2.75) is 13.0 Å². The van der Waals surface area contributed by atoms with Crippen LogP contribution in [0.1, 0.15) is 6.92 Å². The highest BCUT2D eigenvalue weighted by molar-refractivity contribution is 5.60. The molecule has 1 atom stereocenters. The number of hydrogen-bond donors (Lipinski definition) is 1. The van der Waals surface area contributed by atoms with Crippen molar-refractivity contribution in [2.75, 3.05) is 24.6 Å². The fraction of sp³-hybridized carbons (Fsp3) is 0.333. The molecule has 3 heterocycles. The molecule has 0 radical (unpaired) electrons. The Balaban J connectivity index is 1.99. The van der Waals surface area contributed by atoms with E-state index in [1.54, 1.807) is 12.4 Å². The number of piperazine rings is 1. The Morgan fingerprint density at radius 1 is 1.15 bits per heavy atom. The standard InChI is InChI=1S/C15H19N5/c1-13-10-18-8-9-19(13)20(14-4-2-6-16-11-14)15-5-3-7-17-12-15/h2-7,11-13,18H,8-10H2,1H3. The van der Waals surface area contributed by atoms with Gasteiger partial charge in [-0.1, -0.05) is 0 Å². The number of nitrogens with zero attached hydrogens (tertiary/aromatic N) is 4. The van der Waals surface area contributed by atoms with E-state index in [4.69, 9.17) is 0 Å². The van der Waals surface area contributed by atoms with Crippen molar-refractivity contribution >= 4 is 11.4 Å². The van der Waals surface area contributed by atoms with Crippen molar-refractivity contribution in [3.63, 3.8) is 0 Å². The van der Waals surface area contributed by atoms with Gasteiger partial charge in [0, 0.05) is 38.1 Å². The van der Waals surface area contributed by atoms with Gasteiger partial charge in [-0.2, -0.15) is 0 Å². The minimum absolute atomic E-state index is 0.421. The van der Waals surface area contributed by atoms with Gasteiger partial charge in [-0.3, -0.25) is 15.0 Å². The van der Waals surface area contributed by atoms with Gasteiger partial charge in [0.1, 0.15) is 0 Å². The van der Waals surface area contributed by atoms with Crippen molar-refractivity contribution < 1.29 is 0 Å². The fourth-order valence-corrected chi connectivity index (χ4v) is 2.53. The summed E-state index contributed by atoms with van der Waals surface area (Å²) >= 11 is 0. The second-order valence-electron chi connectivity index (χ2n) is 4.95. The first-order valence-corrected chi connectivity index (χ1v) is 6.94. The molecular weight excluding hydrogens is 250 g/mol. The van der Waals surface area contributed by atoms with E-state index in [1.165, 1.54) is 0 Å². The van der Waals surface area contributed by atoms with Crippen LogP contribution in [0.25, 0.3) is 0 Å². The van der Waals surface area contributed by atoms with Crippen molar-refractivity contribution in [2.24, 2.45) is 0 Å². The van der Waals surface area contributed by atoms with E-state index in [2.05, 4.69) is 44.4 Å². The van der Waals surface area contributed by atoms with Crippen LogP contribution in [0.4, 0.5) is 11.4 Å². The Labute approximate surface area is 119 Å². The average molecular weight is 269 g/mol. The van der Waals surface area contributed by atoms with Crippen molar-refractivity contribution in [1.82, 2.24) is 20.3 Å². The molecule has 5 heteroatoms. The van der Waals surface area contributed by atoms with Crippen LogP contribution in [0, 0.1) is 0 Å². The summed E-state index contributed by atoms with van der Waals surface area (Å²) in [4.78, 5) is 8.49. The highest BCUT2D eigenvalue weighted by atomic mass is 15.6. The predicted molar refractivity (Wildman–Crippen MR) is 79.7 cm³/mol. The first-order chi connectivity index (χ1) is 9.86. The molecule has 0 bridgehead atoms. The lowest BCUT2D eigenvalue weighted by molar-refractivity contribution is 0.175. The zero-order valence-electron chi connectivity index (χ0n) is 11.6. The third-order valence-corrected chi connectivity index (χ3v) is 3.50. The van der Waals surface area contributed by atoms with Crippen LogP contribution in [0.15, 0.2) is 49.1 Å². The second kappa shape index (κ2) is 5.98. The topological polar surface area (TPSA) is 44.3 Å². The van der Waals surface area contributed by atoms with E-state index < -0.39 is 0 Å². The summed E-state index contributed by atoms with van der Waals surface area (Å²) in [6.45, 7) is 5.16. The van der Waals surface area contributed by atoms with Gasteiger partial charge in [0.2, 0.25) is 0 Å². The molecule has 5 nitrogen and oxygen atoms in total. The molecule has 1 aliphatic heterocycles. The number of hydrazine groups is 1. The number of aromatic nitrogens is 2. The van der Waals surface area contributed by atoms with E-state index in [9.17, 15) is 0 Å². The third kappa shape index (κ3) is 2.64. The van der Waals surface area contributed by atoms with Gasteiger partial charge < -0.3 is 5.32 Å². The molecule has 0 aromatic carbocycles.